The van der Waals surface area contributed by atoms with Crippen molar-refractivity contribution in [3.05, 3.63) is 28.2 Å². The fourth-order valence-corrected chi connectivity index (χ4v) is 2.20. The summed E-state index contributed by atoms with van der Waals surface area (Å²) in [7, 11) is 0. The molecule has 2 rings (SSSR count). The molecule has 88 valence electrons. The highest BCUT2D eigenvalue weighted by atomic mass is 79.9. The van der Waals surface area contributed by atoms with Crippen LogP contribution in [0.25, 0.3) is 0 Å². The molecule has 1 saturated carbocycles. The quantitative estimate of drug-likeness (QED) is 0.877. The van der Waals surface area contributed by atoms with Gasteiger partial charge < -0.3 is 11.1 Å². The molecule has 17 heavy (non-hydrogen) atoms. The number of carbonyl (C=O) groups is 1. The number of nitrogens with zero attached hydrogens (tertiary/aromatic N) is 1. The van der Waals surface area contributed by atoms with Gasteiger partial charge in [-0.05, 0) is 53.4 Å². The summed E-state index contributed by atoms with van der Waals surface area (Å²) in [5, 5.41) is 11.5. The highest BCUT2D eigenvalue weighted by Crippen LogP contribution is 2.31. The van der Waals surface area contributed by atoms with Crippen LogP contribution in [0, 0.1) is 11.3 Å². The summed E-state index contributed by atoms with van der Waals surface area (Å²) in [6.45, 7) is 0. The molecule has 1 aliphatic rings. The van der Waals surface area contributed by atoms with E-state index in [0.29, 0.717) is 15.7 Å². The Labute approximate surface area is 108 Å². The number of hydrogen-bond donors (Lipinski definition) is 2. The summed E-state index contributed by atoms with van der Waals surface area (Å²) in [6.07, 6.45) is 2.46. The van der Waals surface area contributed by atoms with E-state index >= 15 is 0 Å². The zero-order valence-corrected chi connectivity index (χ0v) is 10.8. The third-order valence-electron chi connectivity index (χ3n) is 3.04. The number of anilines is 1. The van der Waals surface area contributed by atoms with Crippen LogP contribution < -0.4 is 11.1 Å². The first-order valence-electron chi connectivity index (χ1n) is 5.35. The predicted molar refractivity (Wildman–Crippen MR) is 68.3 cm³/mol. The summed E-state index contributed by atoms with van der Waals surface area (Å²) >= 11 is 3.32. The highest BCUT2D eigenvalue weighted by Gasteiger charge is 2.40. The van der Waals surface area contributed by atoms with Gasteiger partial charge in [-0.1, -0.05) is 0 Å². The maximum Gasteiger partial charge on any atom is 0.244 e. The molecule has 0 radical (unpaired) electrons. The number of nitriles is 1. The molecular formula is C12H12BrN3O. The lowest BCUT2D eigenvalue weighted by molar-refractivity contribution is -0.123. The Morgan fingerprint density at radius 3 is 2.71 bits per heavy atom. The van der Waals surface area contributed by atoms with Crippen LogP contribution in [0.4, 0.5) is 5.69 Å². The van der Waals surface area contributed by atoms with E-state index in [2.05, 4.69) is 21.2 Å². The average Bonchev–Trinajstić information content (AvgIpc) is 2.28. The first kappa shape index (κ1) is 12.1. The minimum atomic E-state index is -0.715. The third kappa shape index (κ3) is 2.33. The monoisotopic (exact) mass is 293 g/mol. The summed E-state index contributed by atoms with van der Waals surface area (Å²) in [6, 6.07) is 7.05. The number of nitrogens with one attached hydrogen (secondary N) is 1. The van der Waals surface area contributed by atoms with Gasteiger partial charge in [-0.15, -0.1) is 0 Å². The van der Waals surface area contributed by atoms with Crippen LogP contribution in [-0.4, -0.2) is 11.4 Å². The summed E-state index contributed by atoms with van der Waals surface area (Å²) in [4.78, 5) is 11.9. The fourth-order valence-electron chi connectivity index (χ4n) is 1.72. The SMILES string of the molecule is N#Cc1ccc(NC(=O)C2(N)CCC2)c(Br)c1. The number of nitrogens with two attached hydrogens (primary N) is 1. The number of rotatable bonds is 2. The maximum atomic E-state index is 11.9. The second kappa shape index (κ2) is 4.47. The van der Waals surface area contributed by atoms with Gasteiger partial charge in [0.25, 0.3) is 0 Å². The van der Waals surface area contributed by atoms with Crippen molar-refractivity contribution in [1.29, 1.82) is 5.26 Å². The van der Waals surface area contributed by atoms with Gasteiger partial charge in [-0.2, -0.15) is 5.26 Å². The molecular weight excluding hydrogens is 282 g/mol. The Morgan fingerprint density at radius 1 is 1.53 bits per heavy atom. The molecule has 0 atom stereocenters. The number of benzene rings is 1. The van der Waals surface area contributed by atoms with E-state index in [-0.39, 0.29) is 5.91 Å². The second-order valence-electron chi connectivity index (χ2n) is 4.27. The van der Waals surface area contributed by atoms with Crippen LogP contribution in [0.15, 0.2) is 22.7 Å². The summed E-state index contributed by atoms with van der Waals surface area (Å²) < 4.78 is 0.688. The van der Waals surface area contributed by atoms with Crippen LogP contribution in [0.5, 0.6) is 0 Å². The molecule has 0 saturated heterocycles. The minimum absolute atomic E-state index is 0.158. The van der Waals surface area contributed by atoms with E-state index in [1.807, 2.05) is 6.07 Å². The zero-order chi connectivity index (χ0) is 12.5. The Hall–Kier alpha value is -1.38. The van der Waals surface area contributed by atoms with Crippen LogP contribution in [0.1, 0.15) is 24.8 Å². The standard InChI is InChI=1S/C12H12BrN3O/c13-9-6-8(7-14)2-3-10(9)16-11(17)12(15)4-1-5-12/h2-3,6H,1,4-5,15H2,(H,16,17). The number of amides is 1. The highest BCUT2D eigenvalue weighted by molar-refractivity contribution is 9.10. The largest absolute Gasteiger partial charge is 0.323 e. The van der Waals surface area contributed by atoms with E-state index < -0.39 is 5.54 Å². The van der Waals surface area contributed by atoms with Gasteiger partial charge in [-0.3, -0.25) is 4.79 Å². The van der Waals surface area contributed by atoms with Crippen LogP contribution in [0.2, 0.25) is 0 Å². The smallest absolute Gasteiger partial charge is 0.244 e. The molecule has 0 aliphatic heterocycles. The van der Waals surface area contributed by atoms with Crippen LogP contribution in [-0.2, 0) is 4.79 Å². The van der Waals surface area contributed by atoms with Gasteiger partial charge in [0.15, 0.2) is 0 Å². The lowest BCUT2D eigenvalue weighted by Gasteiger charge is -2.36. The molecule has 4 nitrogen and oxygen atoms in total. The van der Waals surface area contributed by atoms with Gasteiger partial charge in [0.2, 0.25) is 5.91 Å². The number of hydrogen-bond acceptors (Lipinski definition) is 3. The molecule has 0 bridgehead atoms. The van der Waals surface area contributed by atoms with Crippen LogP contribution in [0.3, 0.4) is 0 Å². The van der Waals surface area contributed by atoms with E-state index in [4.69, 9.17) is 11.0 Å². The van der Waals surface area contributed by atoms with E-state index in [1.165, 1.54) is 0 Å². The topological polar surface area (TPSA) is 78.9 Å². The molecule has 5 heteroatoms. The molecule has 1 aromatic rings. The van der Waals surface area contributed by atoms with Gasteiger partial charge >= 0.3 is 0 Å². The Kier molecular flexibility index (Phi) is 3.18. The van der Waals surface area contributed by atoms with Gasteiger partial charge in [0, 0.05) is 4.47 Å². The van der Waals surface area contributed by atoms with Crippen molar-refractivity contribution in [2.24, 2.45) is 5.73 Å². The van der Waals surface area contributed by atoms with Crippen molar-refractivity contribution in [2.45, 2.75) is 24.8 Å². The summed E-state index contributed by atoms with van der Waals surface area (Å²) in [5.74, 6) is -0.158. The average molecular weight is 294 g/mol. The van der Waals surface area contributed by atoms with E-state index in [1.54, 1.807) is 18.2 Å². The zero-order valence-electron chi connectivity index (χ0n) is 9.16. The normalized spacial score (nSPS) is 16.8. The van der Waals surface area contributed by atoms with Crippen molar-refractivity contribution in [3.8, 4) is 6.07 Å². The second-order valence-corrected chi connectivity index (χ2v) is 5.12. The first-order chi connectivity index (χ1) is 8.05. The minimum Gasteiger partial charge on any atom is -0.323 e. The van der Waals surface area contributed by atoms with Crippen molar-refractivity contribution >= 4 is 27.5 Å². The fraction of sp³-hybridized carbons (Fsp3) is 0.333. The third-order valence-corrected chi connectivity index (χ3v) is 3.70. The number of carbonyl (C=O) groups excluding carboxylic acids is 1. The van der Waals surface area contributed by atoms with Crippen LogP contribution >= 0.6 is 15.9 Å². The lowest BCUT2D eigenvalue weighted by atomic mass is 9.77. The van der Waals surface area contributed by atoms with Gasteiger partial charge in [-0.25, -0.2) is 0 Å². The molecule has 1 fully saturated rings. The Morgan fingerprint density at radius 2 is 2.24 bits per heavy atom. The van der Waals surface area contributed by atoms with E-state index in [0.717, 1.165) is 19.3 Å². The Bertz CT molecular complexity index is 503. The molecule has 0 spiro atoms. The summed E-state index contributed by atoms with van der Waals surface area (Å²) in [5.41, 5.74) is 6.39. The molecule has 0 unspecified atom stereocenters. The number of halogens is 1. The lowest BCUT2D eigenvalue weighted by Crippen LogP contribution is -2.56. The molecule has 1 aliphatic carbocycles. The molecule has 3 N–H and O–H groups in total. The first-order valence-corrected chi connectivity index (χ1v) is 6.14. The molecule has 1 aromatic carbocycles. The molecule has 0 heterocycles. The predicted octanol–water partition coefficient (Wildman–Crippen LogP) is 2.14. The van der Waals surface area contributed by atoms with Crippen molar-refractivity contribution in [2.75, 3.05) is 5.32 Å². The van der Waals surface area contributed by atoms with Gasteiger partial charge in [0.05, 0.1) is 22.9 Å². The van der Waals surface area contributed by atoms with Gasteiger partial charge in [0.1, 0.15) is 0 Å². The molecule has 0 aromatic heterocycles. The van der Waals surface area contributed by atoms with E-state index in [9.17, 15) is 4.79 Å². The Balaban J connectivity index is 2.14. The van der Waals surface area contributed by atoms with Crippen molar-refractivity contribution in [1.82, 2.24) is 0 Å². The maximum absolute atomic E-state index is 11.9. The molecule has 1 amide bonds. The van der Waals surface area contributed by atoms with Crippen molar-refractivity contribution < 1.29 is 4.79 Å². The van der Waals surface area contributed by atoms with Crippen molar-refractivity contribution in [3.63, 3.8) is 0 Å².